The number of nitrogens with zero attached hydrogens (tertiary/aromatic N) is 1. The van der Waals surface area contributed by atoms with Crippen molar-refractivity contribution in [2.45, 2.75) is 18.3 Å². The Labute approximate surface area is 110 Å². The smallest absolute Gasteiger partial charge is 0.0906 e. The highest BCUT2D eigenvalue weighted by molar-refractivity contribution is 9.10. The van der Waals surface area contributed by atoms with E-state index in [1.807, 2.05) is 0 Å². The number of fused-ring (bicyclic) bond motifs is 1. The highest BCUT2D eigenvalue weighted by atomic mass is 79.9. The Kier molecular flexibility index (Phi) is 2.99. The van der Waals surface area contributed by atoms with E-state index in [0.717, 1.165) is 30.0 Å². The lowest BCUT2D eigenvalue weighted by Crippen LogP contribution is -2.27. The van der Waals surface area contributed by atoms with Crippen molar-refractivity contribution in [3.63, 3.8) is 0 Å². The van der Waals surface area contributed by atoms with E-state index in [2.05, 4.69) is 45.1 Å². The van der Waals surface area contributed by atoms with E-state index in [1.165, 1.54) is 12.0 Å². The lowest BCUT2D eigenvalue weighted by Gasteiger charge is -2.20. The molecule has 0 spiro atoms. The van der Waals surface area contributed by atoms with Crippen LogP contribution in [0.4, 0.5) is 4.39 Å². The van der Waals surface area contributed by atoms with Crippen LogP contribution in [0.15, 0.2) is 28.7 Å². The lowest BCUT2D eigenvalue weighted by molar-refractivity contribution is 0.280. The molecule has 17 heavy (non-hydrogen) atoms. The standard InChI is InChI=1S/C14H17BrFN/c15-13-4-2-11(3-5-13)14-8-12(14)9-17(10-14)7-1-6-16/h2-5,12H,1,6-10H2. The molecule has 3 rings (SSSR count). The molecule has 3 heteroatoms. The first-order chi connectivity index (χ1) is 8.24. The van der Waals surface area contributed by atoms with E-state index < -0.39 is 0 Å². The number of hydrogen-bond acceptors (Lipinski definition) is 1. The van der Waals surface area contributed by atoms with Crippen molar-refractivity contribution in [2.75, 3.05) is 26.3 Å². The molecule has 1 aromatic rings. The van der Waals surface area contributed by atoms with Gasteiger partial charge in [0.1, 0.15) is 0 Å². The topological polar surface area (TPSA) is 3.24 Å². The minimum Gasteiger partial charge on any atom is -0.302 e. The van der Waals surface area contributed by atoms with Gasteiger partial charge in [-0.05, 0) is 36.5 Å². The van der Waals surface area contributed by atoms with Gasteiger partial charge in [-0.2, -0.15) is 0 Å². The van der Waals surface area contributed by atoms with Crippen LogP contribution in [0.5, 0.6) is 0 Å². The fraction of sp³-hybridized carbons (Fsp3) is 0.571. The van der Waals surface area contributed by atoms with E-state index in [9.17, 15) is 4.39 Å². The third kappa shape index (κ3) is 2.04. The molecule has 0 bridgehead atoms. The fourth-order valence-electron chi connectivity index (χ4n) is 3.27. The number of benzene rings is 1. The highest BCUT2D eigenvalue weighted by Gasteiger charge is 2.60. The quantitative estimate of drug-likeness (QED) is 0.823. The summed E-state index contributed by atoms with van der Waals surface area (Å²) in [6.07, 6.45) is 2.00. The summed E-state index contributed by atoms with van der Waals surface area (Å²) in [4.78, 5) is 2.43. The van der Waals surface area contributed by atoms with Crippen molar-refractivity contribution in [1.82, 2.24) is 4.90 Å². The normalized spacial score (nSPS) is 31.5. The summed E-state index contributed by atoms with van der Waals surface area (Å²) < 4.78 is 13.3. The van der Waals surface area contributed by atoms with Crippen LogP contribution in [0.25, 0.3) is 0 Å². The van der Waals surface area contributed by atoms with Crippen molar-refractivity contribution in [1.29, 1.82) is 0 Å². The molecule has 1 nitrogen and oxygen atoms in total. The Morgan fingerprint density at radius 2 is 2.12 bits per heavy atom. The molecule has 92 valence electrons. The SMILES string of the molecule is FCCCN1CC2CC2(c2ccc(Br)cc2)C1. The van der Waals surface area contributed by atoms with Crippen molar-refractivity contribution >= 4 is 15.9 Å². The van der Waals surface area contributed by atoms with Crippen LogP contribution in [0.3, 0.4) is 0 Å². The first-order valence-corrected chi connectivity index (χ1v) is 7.08. The number of halogens is 2. The molecular weight excluding hydrogens is 281 g/mol. The zero-order chi connectivity index (χ0) is 11.9. The monoisotopic (exact) mass is 297 g/mol. The molecule has 0 N–H and O–H groups in total. The predicted molar refractivity (Wildman–Crippen MR) is 71.0 cm³/mol. The van der Waals surface area contributed by atoms with Gasteiger partial charge in [0.05, 0.1) is 6.67 Å². The third-order valence-corrected chi connectivity index (χ3v) is 4.77. The second-order valence-electron chi connectivity index (χ2n) is 5.34. The van der Waals surface area contributed by atoms with E-state index in [0.29, 0.717) is 11.8 Å². The molecule has 0 amide bonds. The molecule has 2 unspecified atom stereocenters. The zero-order valence-corrected chi connectivity index (χ0v) is 11.4. The van der Waals surface area contributed by atoms with Gasteiger partial charge in [-0.1, -0.05) is 28.1 Å². The van der Waals surface area contributed by atoms with Gasteiger partial charge in [0.15, 0.2) is 0 Å². The number of likely N-dealkylation sites (tertiary alicyclic amines) is 1. The van der Waals surface area contributed by atoms with Crippen LogP contribution in [0.1, 0.15) is 18.4 Å². The maximum atomic E-state index is 12.2. The van der Waals surface area contributed by atoms with Gasteiger partial charge >= 0.3 is 0 Å². The summed E-state index contributed by atoms with van der Waals surface area (Å²) in [5.74, 6) is 0.809. The van der Waals surface area contributed by atoms with Crippen LogP contribution >= 0.6 is 15.9 Å². The minimum atomic E-state index is -0.188. The Balaban J connectivity index is 1.71. The summed E-state index contributed by atoms with van der Waals surface area (Å²) in [5, 5.41) is 0. The fourth-order valence-corrected chi connectivity index (χ4v) is 3.53. The average molecular weight is 298 g/mol. The van der Waals surface area contributed by atoms with Gasteiger partial charge in [0.25, 0.3) is 0 Å². The van der Waals surface area contributed by atoms with Gasteiger partial charge in [-0.25, -0.2) is 0 Å². The molecule has 0 radical (unpaired) electrons. The summed E-state index contributed by atoms with van der Waals surface area (Å²) in [5.41, 5.74) is 1.87. The summed E-state index contributed by atoms with van der Waals surface area (Å²) in [6.45, 7) is 3.02. The van der Waals surface area contributed by atoms with Gasteiger partial charge < -0.3 is 4.90 Å². The van der Waals surface area contributed by atoms with Crippen LogP contribution in [-0.2, 0) is 5.41 Å². The molecule has 1 aliphatic carbocycles. The molecule has 2 fully saturated rings. The van der Waals surface area contributed by atoms with Crippen LogP contribution in [0, 0.1) is 5.92 Å². The molecule has 0 aromatic heterocycles. The number of piperidine rings is 1. The van der Waals surface area contributed by atoms with E-state index in [1.54, 1.807) is 0 Å². The second kappa shape index (κ2) is 4.36. The first-order valence-electron chi connectivity index (χ1n) is 6.29. The molecular formula is C14H17BrFN. The van der Waals surface area contributed by atoms with E-state index in [4.69, 9.17) is 0 Å². The number of hydrogen-bond donors (Lipinski definition) is 0. The lowest BCUT2D eigenvalue weighted by atomic mass is 9.95. The van der Waals surface area contributed by atoms with Gasteiger partial charge in [-0.3, -0.25) is 4.39 Å². The third-order valence-electron chi connectivity index (χ3n) is 4.24. The Hall–Kier alpha value is -0.410. The first kappa shape index (κ1) is 11.7. The molecule has 1 aromatic carbocycles. The van der Waals surface area contributed by atoms with Crippen molar-refractivity contribution in [3.8, 4) is 0 Å². The number of rotatable bonds is 4. The zero-order valence-electron chi connectivity index (χ0n) is 9.83. The van der Waals surface area contributed by atoms with Gasteiger partial charge in [0.2, 0.25) is 0 Å². The Bertz CT molecular complexity index is 405. The van der Waals surface area contributed by atoms with Crippen LogP contribution in [0.2, 0.25) is 0 Å². The summed E-state index contributed by atoms with van der Waals surface area (Å²) >= 11 is 3.48. The van der Waals surface area contributed by atoms with Crippen LogP contribution in [-0.4, -0.2) is 31.2 Å². The van der Waals surface area contributed by atoms with Crippen LogP contribution < -0.4 is 0 Å². The molecule has 1 saturated carbocycles. The van der Waals surface area contributed by atoms with E-state index >= 15 is 0 Å². The summed E-state index contributed by atoms with van der Waals surface area (Å²) in [7, 11) is 0. The van der Waals surface area contributed by atoms with Gasteiger partial charge in [0, 0.05) is 29.5 Å². The molecule has 2 atom stereocenters. The Morgan fingerprint density at radius 1 is 1.35 bits per heavy atom. The minimum absolute atomic E-state index is 0.188. The maximum Gasteiger partial charge on any atom is 0.0906 e. The largest absolute Gasteiger partial charge is 0.302 e. The summed E-state index contributed by atoms with van der Waals surface area (Å²) in [6, 6.07) is 8.73. The second-order valence-corrected chi connectivity index (χ2v) is 6.26. The molecule has 1 heterocycles. The predicted octanol–water partition coefficient (Wildman–Crippen LogP) is 3.38. The maximum absolute atomic E-state index is 12.2. The molecule has 2 aliphatic rings. The van der Waals surface area contributed by atoms with Crippen molar-refractivity contribution in [2.24, 2.45) is 5.92 Å². The highest BCUT2D eigenvalue weighted by Crippen LogP contribution is 2.58. The van der Waals surface area contributed by atoms with Crippen molar-refractivity contribution < 1.29 is 4.39 Å². The number of alkyl halides is 1. The van der Waals surface area contributed by atoms with Crippen molar-refractivity contribution in [3.05, 3.63) is 34.3 Å². The molecule has 1 aliphatic heterocycles. The van der Waals surface area contributed by atoms with E-state index in [-0.39, 0.29) is 6.67 Å². The average Bonchev–Trinajstić information content (AvgIpc) is 2.91. The van der Waals surface area contributed by atoms with Gasteiger partial charge in [-0.15, -0.1) is 0 Å². The molecule has 1 saturated heterocycles. The Morgan fingerprint density at radius 3 is 2.82 bits per heavy atom.